The quantitative estimate of drug-likeness (QED) is 0.314. The van der Waals surface area contributed by atoms with Crippen LogP contribution in [0.2, 0.25) is 0 Å². The Kier molecular flexibility index (Phi) is 32.5. The summed E-state index contributed by atoms with van der Waals surface area (Å²) in [5, 5.41) is 5.52. The van der Waals surface area contributed by atoms with Crippen LogP contribution in [0.5, 0.6) is 0 Å². The Morgan fingerprint density at radius 1 is 0.449 bits per heavy atom. The van der Waals surface area contributed by atoms with Gasteiger partial charge in [-0.3, -0.25) is 9.59 Å². The molecular formula is C45H82N2O2. The van der Waals surface area contributed by atoms with E-state index in [4.69, 9.17) is 0 Å². The van der Waals surface area contributed by atoms with Crippen molar-refractivity contribution in [2.45, 2.75) is 163 Å². The highest BCUT2D eigenvalue weighted by atomic mass is 16.2. The van der Waals surface area contributed by atoms with E-state index < -0.39 is 0 Å². The fraction of sp³-hybridized carbons (Fsp3) is 0.689. The van der Waals surface area contributed by atoms with Crippen molar-refractivity contribution in [1.29, 1.82) is 0 Å². The van der Waals surface area contributed by atoms with Gasteiger partial charge in [0.2, 0.25) is 11.8 Å². The Labute approximate surface area is 306 Å². The molecule has 2 heterocycles. The van der Waals surface area contributed by atoms with Crippen LogP contribution in [0.4, 0.5) is 11.4 Å². The van der Waals surface area contributed by atoms with Gasteiger partial charge in [0.15, 0.2) is 0 Å². The summed E-state index contributed by atoms with van der Waals surface area (Å²) in [6.45, 7) is 37.2. The van der Waals surface area contributed by atoms with Crippen LogP contribution in [0.1, 0.15) is 161 Å². The maximum absolute atomic E-state index is 10.8. The van der Waals surface area contributed by atoms with Gasteiger partial charge in [0, 0.05) is 11.4 Å². The van der Waals surface area contributed by atoms with Crippen molar-refractivity contribution in [3.05, 3.63) is 59.7 Å². The first-order valence-corrected chi connectivity index (χ1v) is 19.4. The summed E-state index contributed by atoms with van der Waals surface area (Å²) in [5.41, 5.74) is 4.14. The number of anilines is 2. The molecule has 5 rings (SSSR count). The fourth-order valence-electron chi connectivity index (χ4n) is 4.13. The van der Waals surface area contributed by atoms with Gasteiger partial charge < -0.3 is 10.6 Å². The third kappa shape index (κ3) is 38.0. The number of benzene rings is 2. The van der Waals surface area contributed by atoms with Gasteiger partial charge in [-0.1, -0.05) is 186 Å². The summed E-state index contributed by atoms with van der Waals surface area (Å²) < 4.78 is 0. The largest absolute Gasteiger partial charge is 0.326 e. The van der Waals surface area contributed by atoms with Gasteiger partial charge in [-0.15, -0.1) is 0 Å². The number of hydrogen-bond donors (Lipinski definition) is 2. The number of amides is 2. The summed E-state index contributed by atoms with van der Waals surface area (Å²) in [7, 11) is 0. The maximum atomic E-state index is 10.8. The molecular weight excluding hydrogens is 601 g/mol. The van der Waals surface area contributed by atoms with E-state index in [9.17, 15) is 9.59 Å². The molecule has 3 aliphatic rings. The molecule has 4 heteroatoms. The van der Waals surface area contributed by atoms with Crippen molar-refractivity contribution >= 4 is 23.2 Å². The van der Waals surface area contributed by atoms with Crippen molar-refractivity contribution in [3.8, 4) is 0 Å². The van der Waals surface area contributed by atoms with Crippen molar-refractivity contribution in [2.24, 2.45) is 41.4 Å². The molecule has 2 amide bonds. The molecule has 284 valence electrons. The lowest BCUT2D eigenvalue weighted by Crippen LogP contribution is -2.12. The average molecular weight is 683 g/mol. The zero-order valence-electron chi connectivity index (χ0n) is 35.4. The normalized spacial score (nSPS) is 13.9. The molecule has 2 aromatic carbocycles. The minimum atomic E-state index is 0.0983. The predicted molar refractivity (Wildman–Crippen MR) is 222 cm³/mol. The van der Waals surface area contributed by atoms with Crippen LogP contribution in [0.3, 0.4) is 0 Å². The maximum Gasteiger partial charge on any atom is 0.228 e. The Morgan fingerprint density at radius 3 is 0.939 bits per heavy atom. The number of para-hydroxylation sites is 2. The number of hydrogen-bond acceptors (Lipinski definition) is 2. The molecule has 2 aliphatic heterocycles. The van der Waals surface area contributed by atoms with Gasteiger partial charge in [-0.25, -0.2) is 0 Å². The summed E-state index contributed by atoms with van der Waals surface area (Å²) in [6.07, 6.45) is 8.54. The molecule has 2 aromatic rings. The van der Waals surface area contributed by atoms with Gasteiger partial charge in [-0.2, -0.15) is 0 Å². The molecule has 0 atom stereocenters. The van der Waals surface area contributed by atoms with Crippen molar-refractivity contribution < 1.29 is 9.59 Å². The molecule has 1 fully saturated rings. The molecule has 0 radical (unpaired) electrons. The Bertz CT molecular complexity index is 901. The second-order valence-corrected chi connectivity index (χ2v) is 17.1. The highest BCUT2D eigenvalue weighted by molar-refractivity contribution is 5.99. The smallest absolute Gasteiger partial charge is 0.228 e. The minimum absolute atomic E-state index is 0.0983. The van der Waals surface area contributed by atoms with Crippen LogP contribution < -0.4 is 10.6 Å². The lowest BCUT2D eigenvalue weighted by Gasteiger charge is -2.24. The first kappa shape index (κ1) is 50.8. The monoisotopic (exact) mass is 683 g/mol. The highest BCUT2D eigenvalue weighted by Crippen LogP contribution is 2.29. The summed E-state index contributed by atoms with van der Waals surface area (Å²) in [6, 6.07) is 15.5. The number of carbonyl (C=O) groups is 2. The summed E-state index contributed by atoms with van der Waals surface area (Å²) in [5.74, 6) is 6.35. The fourth-order valence-corrected chi connectivity index (χ4v) is 4.13. The molecule has 4 nitrogen and oxygen atoms in total. The number of rotatable bonds is 1. The number of fused-ring (bicyclic) bond motifs is 2. The lowest BCUT2D eigenvalue weighted by molar-refractivity contribution is -0.115. The summed E-state index contributed by atoms with van der Waals surface area (Å²) in [4.78, 5) is 21.6. The molecule has 0 spiro atoms. The topological polar surface area (TPSA) is 58.2 Å². The van der Waals surface area contributed by atoms with Crippen LogP contribution in [0, 0.1) is 41.4 Å². The zero-order valence-corrected chi connectivity index (χ0v) is 35.4. The van der Waals surface area contributed by atoms with Gasteiger partial charge in [0.05, 0.1) is 12.8 Å². The van der Waals surface area contributed by atoms with Crippen LogP contribution in [0.25, 0.3) is 0 Å². The third-order valence-corrected chi connectivity index (χ3v) is 5.88. The van der Waals surface area contributed by atoms with Crippen molar-refractivity contribution in [1.82, 2.24) is 0 Å². The van der Waals surface area contributed by atoms with E-state index in [1.54, 1.807) is 0 Å². The van der Waals surface area contributed by atoms with E-state index in [0.29, 0.717) is 12.8 Å². The Balaban J connectivity index is -0.000000516. The van der Waals surface area contributed by atoms with Gasteiger partial charge in [-0.05, 0) is 64.7 Å². The van der Waals surface area contributed by atoms with Crippen LogP contribution in [0.15, 0.2) is 48.5 Å². The predicted octanol–water partition coefficient (Wildman–Crippen LogP) is 13.9. The third-order valence-electron chi connectivity index (χ3n) is 5.88. The SMILES string of the molecule is CC(C)C.CC(C)C.CC(C)C.CC(C)C.CC(C)C.CC(C)C1CCCCC1.O=C1Cc2ccccc2N1.O=C1Cc2ccccc2N1. The van der Waals surface area contributed by atoms with E-state index in [-0.39, 0.29) is 11.8 Å². The first-order chi connectivity index (χ1) is 22.7. The molecule has 0 aromatic heterocycles. The molecule has 49 heavy (non-hydrogen) atoms. The van der Waals surface area contributed by atoms with Gasteiger partial charge >= 0.3 is 0 Å². The van der Waals surface area contributed by atoms with Crippen LogP contribution >= 0.6 is 0 Å². The second kappa shape index (κ2) is 31.4. The summed E-state index contributed by atoms with van der Waals surface area (Å²) >= 11 is 0. The zero-order chi connectivity index (χ0) is 38.5. The van der Waals surface area contributed by atoms with Gasteiger partial charge in [0.25, 0.3) is 0 Å². The second-order valence-electron chi connectivity index (χ2n) is 17.1. The van der Waals surface area contributed by atoms with Crippen LogP contribution in [-0.4, -0.2) is 11.8 Å². The van der Waals surface area contributed by atoms with E-state index in [1.165, 1.54) is 32.1 Å². The first-order valence-electron chi connectivity index (χ1n) is 19.4. The highest BCUT2D eigenvalue weighted by Gasteiger charge is 2.17. The van der Waals surface area contributed by atoms with E-state index >= 15 is 0 Å². The van der Waals surface area contributed by atoms with Crippen molar-refractivity contribution in [3.63, 3.8) is 0 Å². The molecule has 0 saturated heterocycles. The van der Waals surface area contributed by atoms with E-state index in [0.717, 1.165) is 63.9 Å². The Hall–Kier alpha value is -2.62. The number of nitrogens with one attached hydrogen (secondary N) is 2. The van der Waals surface area contributed by atoms with Crippen LogP contribution in [-0.2, 0) is 22.4 Å². The average Bonchev–Trinajstić information content (AvgIpc) is 3.53. The van der Waals surface area contributed by atoms with Crippen molar-refractivity contribution in [2.75, 3.05) is 10.6 Å². The molecule has 0 unspecified atom stereocenters. The Morgan fingerprint density at radius 2 is 0.714 bits per heavy atom. The van der Waals surface area contributed by atoms with E-state index in [1.807, 2.05) is 48.5 Å². The minimum Gasteiger partial charge on any atom is -0.326 e. The standard InChI is InChI=1S/C9H18.2C8H7NO.5C4H10/c1-8(2)9-6-4-3-5-7-9;2*10-8-5-6-3-1-2-4-7(6)9-8;5*1-4(2)3/h8-9H,3-7H2,1-2H3;2*1-4H,5H2,(H,9,10);5*4H,1-3H3. The number of carbonyl (C=O) groups excluding carboxylic acids is 2. The molecule has 1 aliphatic carbocycles. The molecule has 2 N–H and O–H groups in total. The molecule has 1 saturated carbocycles. The van der Waals surface area contributed by atoms with Gasteiger partial charge in [0.1, 0.15) is 0 Å². The lowest BCUT2D eigenvalue weighted by atomic mass is 9.82. The van der Waals surface area contributed by atoms with E-state index in [2.05, 4.69) is 128 Å². The molecule has 0 bridgehead atoms.